The molecular weight excluding hydrogens is 486 g/mol. The summed E-state index contributed by atoms with van der Waals surface area (Å²) in [7, 11) is -10.0. The first-order valence-corrected chi connectivity index (χ1v) is 10.7. The van der Waals surface area contributed by atoms with Gasteiger partial charge in [-0.15, -0.1) is 5.11 Å². The minimum atomic E-state index is -5.07. The van der Waals surface area contributed by atoms with Gasteiger partial charge in [0.1, 0.15) is 15.5 Å². The van der Waals surface area contributed by atoms with E-state index in [9.17, 15) is 36.1 Å². The van der Waals surface area contributed by atoms with Gasteiger partial charge < -0.3 is 5.73 Å². The summed E-state index contributed by atoms with van der Waals surface area (Å²) in [5, 5.41) is 18.3. The first-order valence-electron chi connectivity index (χ1n) is 7.86. The number of nitrogens with two attached hydrogens (primary N) is 1. The van der Waals surface area contributed by atoms with Crippen molar-refractivity contribution in [1.82, 2.24) is 0 Å². The van der Waals surface area contributed by atoms with E-state index in [2.05, 4.69) is 10.2 Å². The van der Waals surface area contributed by atoms with Crippen LogP contribution < -0.4 is 5.73 Å². The van der Waals surface area contributed by atoms with Crippen molar-refractivity contribution in [3.63, 3.8) is 0 Å². The summed E-state index contributed by atoms with van der Waals surface area (Å²) in [6, 6.07) is 9.35. The van der Waals surface area contributed by atoms with Crippen molar-refractivity contribution >= 4 is 113 Å². The molecule has 0 unspecified atom stereocenters. The Morgan fingerprint density at radius 3 is 1.88 bits per heavy atom. The molecule has 0 radical (unpaired) electrons. The second-order valence-corrected chi connectivity index (χ2v) is 8.66. The van der Waals surface area contributed by atoms with E-state index in [-0.39, 0.29) is 92.6 Å². The van der Waals surface area contributed by atoms with Crippen molar-refractivity contribution < 1.29 is 30.9 Å². The third-order valence-electron chi connectivity index (χ3n) is 3.98. The summed E-state index contributed by atoms with van der Waals surface area (Å²) in [6.07, 6.45) is 0. The van der Waals surface area contributed by atoms with Gasteiger partial charge in [0, 0.05) is 22.9 Å². The number of nitro benzene ring substituents is 1. The van der Waals surface area contributed by atoms with E-state index in [0.29, 0.717) is 0 Å². The number of nitrogens with zero attached hydrogens (tertiary/aromatic N) is 3. The molecule has 0 aliphatic carbocycles. The number of nitro groups is 1. The average molecular weight is 500 g/mol. The first kappa shape index (κ1) is 28.6. The number of hydrogen-bond donors (Lipinski definition) is 3. The Morgan fingerprint density at radius 2 is 1.38 bits per heavy atom. The second-order valence-electron chi connectivity index (χ2n) is 5.91. The zero-order valence-electron chi connectivity index (χ0n) is 14.7. The summed E-state index contributed by atoms with van der Waals surface area (Å²) < 4.78 is 65.6. The average Bonchev–Trinajstić information content (AvgIpc) is 2.65. The van der Waals surface area contributed by atoms with Gasteiger partial charge in [-0.25, -0.2) is 0 Å². The molecule has 12 nitrogen and oxygen atoms in total. The standard InChI is InChI=1S/C16H12N4O8S2.2Na.2H/c17-13-7-5-12-11(6-8-14(29(23,24)25)16(12)30(26,27)28)15(13)19-18-9-1-3-10(4-2-9)20(21)22;;;;/h1-8H,17H2,(H,23,24,25)(H,26,27,28);;;;/b19-18+;;;;. The van der Waals surface area contributed by atoms with Gasteiger partial charge in [-0.3, -0.25) is 19.2 Å². The van der Waals surface area contributed by atoms with Crippen LogP contribution in [0.25, 0.3) is 10.8 Å². The Morgan fingerprint density at radius 1 is 0.812 bits per heavy atom. The Hall–Kier alpha value is -1.46. The molecule has 32 heavy (non-hydrogen) atoms. The number of nitrogen functional groups attached to an aromatic ring is 1. The van der Waals surface area contributed by atoms with Gasteiger partial charge in [-0.05, 0) is 24.3 Å². The van der Waals surface area contributed by atoms with Crippen LogP contribution in [0.3, 0.4) is 0 Å². The third kappa shape index (κ3) is 6.11. The zero-order valence-corrected chi connectivity index (χ0v) is 16.3. The monoisotopic (exact) mass is 500 g/mol. The molecule has 4 N–H and O–H groups in total. The minimum absolute atomic E-state index is 0. The second kappa shape index (κ2) is 10.6. The maximum absolute atomic E-state index is 11.8. The quantitative estimate of drug-likeness (QED) is 0.117. The first-order chi connectivity index (χ1) is 13.9. The van der Waals surface area contributed by atoms with E-state index in [1.165, 1.54) is 30.3 Å². The van der Waals surface area contributed by atoms with Crippen LogP contribution in [0.15, 0.2) is 68.6 Å². The van der Waals surface area contributed by atoms with Crippen LogP contribution in [0.4, 0.5) is 22.7 Å². The van der Waals surface area contributed by atoms with Gasteiger partial charge >= 0.3 is 59.1 Å². The molecule has 0 saturated heterocycles. The number of benzene rings is 3. The Balaban J connectivity index is 0.00000256. The molecule has 3 aromatic rings. The molecule has 3 rings (SSSR count). The van der Waals surface area contributed by atoms with E-state index in [4.69, 9.17) is 5.73 Å². The fourth-order valence-electron chi connectivity index (χ4n) is 2.69. The van der Waals surface area contributed by atoms with Crippen molar-refractivity contribution in [2.45, 2.75) is 9.79 Å². The van der Waals surface area contributed by atoms with Crippen molar-refractivity contribution in [3.8, 4) is 0 Å². The summed E-state index contributed by atoms with van der Waals surface area (Å²) in [6.45, 7) is 0. The Bertz CT molecular complexity index is 1430. The van der Waals surface area contributed by atoms with Crippen molar-refractivity contribution in [2.75, 3.05) is 5.73 Å². The van der Waals surface area contributed by atoms with Gasteiger partial charge in [0.15, 0.2) is 0 Å². The molecule has 0 atom stereocenters. The molecule has 0 aliphatic rings. The molecule has 0 fully saturated rings. The number of hydrogen-bond acceptors (Lipinski definition) is 9. The van der Waals surface area contributed by atoms with Crippen molar-refractivity contribution in [2.24, 2.45) is 10.2 Å². The molecule has 3 aromatic carbocycles. The van der Waals surface area contributed by atoms with Crippen LogP contribution in [-0.2, 0) is 20.2 Å². The molecule has 160 valence electrons. The molecule has 0 heterocycles. The van der Waals surface area contributed by atoms with E-state index in [0.717, 1.165) is 18.2 Å². The van der Waals surface area contributed by atoms with Gasteiger partial charge in [0.2, 0.25) is 0 Å². The SMILES string of the molecule is Nc1ccc2c(S(=O)(=O)O)c(S(=O)(=O)O)ccc2c1/N=N/c1ccc([N+](=O)[O-])cc1.[NaH].[NaH]. The molecule has 16 heteroatoms. The van der Waals surface area contributed by atoms with Gasteiger partial charge in [0.25, 0.3) is 25.9 Å². The molecular formula is C16H14N4Na2O8S2. The summed E-state index contributed by atoms with van der Waals surface area (Å²) in [4.78, 5) is 8.06. The fraction of sp³-hybridized carbons (Fsp3) is 0. The van der Waals surface area contributed by atoms with Gasteiger partial charge in [0.05, 0.1) is 16.3 Å². The summed E-state index contributed by atoms with van der Waals surface area (Å²) >= 11 is 0. The molecule has 0 bridgehead atoms. The fourth-order valence-corrected chi connectivity index (χ4v) is 4.68. The van der Waals surface area contributed by atoms with Crippen LogP contribution in [0.5, 0.6) is 0 Å². The number of fused-ring (bicyclic) bond motifs is 1. The van der Waals surface area contributed by atoms with Crippen LogP contribution in [0.2, 0.25) is 0 Å². The molecule has 0 saturated carbocycles. The van der Waals surface area contributed by atoms with Crippen molar-refractivity contribution in [1.29, 1.82) is 0 Å². The summed E-state index contributed by atoms with van der Waals surface area (Å²) in [5.41, 5.74) is 5.95. The van der Waals surface area contributed by atoms with E-state index in [1.54, 1.807) is 0 Å². The number of azo groups is 1. The molecule has 0 aromatic heterocycles. The Labute approximate surface area is 226 Å². The molecule has 0 amide bonds. The van der Waals surface area contributed by atoms with E-state index in [1.807, 2.05) is 0 Å². The maximum atomic E-state index is 11.8. The number of non-ortho nitro benzene ring substituents is 1. The Kier molecular flexibility index (Phi) is 9.51. The van der Waals surface area contributed by atoms with Crippen LogP contribution in [0.1, 0.15) is 0 Å². The predicted octanol–water partition coefficient (Wildman–Crippen LogP) is 1.94. The molecule has 0 spiro atoms. The van der Waals surface area contributed by atoms with Gasteiger partial charge in [-0.2, -0.15) is 21.9 Å². The summed E-state index contributed by atoms with van der Waals surface area (Å²) in [5.74, 6) is 0. The van der Waals surface area contributed by atoms with Crippen LogP contribution in [0, 0.1) is 10.1 Å². The number of rotatable bonds is 5. The zero-order chi connectivity index (χ0) is 22.3. The number of anilines is 1. The third-order valence-corrected chi connectivity index (χ3v) is 5.96. The van der Waals surface area contributed by atoms with Crippen LogP contribution >= 0.6 is 0 Å². The van der Waals surface area contributed by atoms with Crippen LogP contribution in [-0.4, -0.2) is 90.0 Å². The predicted molar refractivity (Wildman–Crippen MR) is 120 cm³/mol. The topological polar surface area (TPSA) is 203 Å². The normalized spacial score (nSPS) is 11.7. The van der Waals surface area contributed by atoms with E-state index >= 15 is 0 Å². The van der Waals surface area contributed by atoms with Gasteiger partial charge in [-0.1, -0.05) is 12.1 Å². The van der Waals surface area contributed by atoms with E-state index < -0.39 is 35.0 Å². The van der Waals surface area contributed by atoms with Crippen molar-refractivity contribution in [3.05, 3.63) is 58.6 Å². The molecule has 0 aliphatic heterocycles.